The summed E-state index contributed by atoms with van der Waals surface area (Å²) in [4.78, 5) is 15.8. The van der Waals surface area contributed by atoms with Crippen LogP contribution in [0.1, 0.15) is 0 Å². The highest BCUT2D eigenvalue weighted by molar-refractivity contribution is 6.32. The summed E-state index contributed by atoms with van der Waals surface area (Å²) in [6.07, 6.45) is 1.56. The van der Waals surface area contributed by atoms with Crippen LogP contribution in [0.15, 0.2) is 36.5 Å². The van der Waals surface area contributed by atoms with Crippen LogP contribution in [0, 0.1) is 0 Å². The zero-order valence-electron chi connectivity index (χ0n) is 10.7. The Hall–Kier alpha value is -2.67. The van der Waals surface area contributed by atoms with E-state index in [1.54, 1.807) is 36.5 Å². The van der Waals surface area contributed by atoms with Gasteiger partial charge in [-0.1, -0.05) is 11.6 Å². The molecule has 0 atom stereocenters. The number of aromatic nitrogens is 1. The number of benzene rings is 1. The highest BCUT2D eigenvalue weighted by Crippen LogP contribution is 2.34. The van der Waals surface area contributed by atoms with E-state index in [-0.39, 0.29) is 6.79 Å². The first-order chi connectivity index (χ1) is 10.2. The maximum absolute atomic E-state index is 11.8. The van der Waals surface area contributed by atoms with Crippen LogP contribution < -0.4 is 25.6 Å². The molecule has 0 radical (unpaired) electrons. The molecule has 2 aromatic rings. The van der Waals surface area contributed by atoms with Crippen LogP contribution in [0.3, 0.4) is 0 Å². The molecule has 7 nitrogen and oxygen atoms in total. The molecule has 2 heterocycles. The Bertz CT molecular complexity index is 680. The summed E-state index contributed by atoms with van der Waals surface area (Å²) >= 11 is 5.90. The molecule has 0 saturated heterocycles. The van der Waals surface area contributed by atoms with Gasteiger partial charge in [0.25, 0.3) is 0 Å². The Kier molecular flexibility index (Phi) is 3.65. The number of ether oxygens (including phenoxy) is 2. The monoisotopic (exact) mass is 306 g/mol. The van der Waals surface area contributed by atoms with E-state index in [1.807, 2.05) is 0 Å². The number of urea groups is 1. The van der Waals surface area contributed by atoms with Crippen molar-refractivity contribution in [2.75, 3.05) is 17.5 Å². The maximum atomic E-state index is 11.8. The molecule has 8 heteroatoms. The molecule has 0 spiro atoms. The maximum Gasteiger partial charge on any atom is 0.337 e. The molecule has 2 amide bonds. The Labute approximate surface area is 125 Å². The fraction of sp³-hybridized carbons (Fsp3) is 0.0769. The molecule has 1 aliphatic rings. The summed E-state index contributed by atoms with van der Waals surface area (Å²) in [7, 11) is 0. The van der Waals surface area contributed by atoms with E-state index >= 15 is 0 Å². The van der Waals surface area contributed by atoms with Crippen LogP contribution in [-0.4, -0.2) is 17.8 Å². The van der Waals surface area contributed by atoms with Gasteiger partial charge in [-0.25, -0.2) is 15.2 Å². The van der Waals surface area contributed by atoms with Crippen LogP contribution in [0.4, 0.5) is 16.3 Å². The van der Waals surface area contributed by atoms with E-state index in [9.17, 15) is 4.79 Å². The minimum absolute atomic E-state index is 0.185. The normalized spacial score (nSPS) is 11.9. The summed E-state index contributed by atoms with van der Waals surface area (Å²) in [5.41, 5.74) is 5.64. The Balaban J connectivity index is 1.58. The number of rotatable bonds is 3. The van der Waals surface area contributed by atoms with Crippen molar-refractivity contribution in [1.82, 2.24) is 10.4 Å². The van der Waals surface area contributed by atoms with Crippen molar-refractivity contribution >= 4 is 29.1 Å². The molecule has 21 heavy (non-hydrogen) atoms. The Morgan fingerprint density at radius 3 is 2.95 bits per heavy atom. The van der Waals surface area contributed by atoms with Gasteiger partial charge in [0.2, 0.25) is 6.79 Å². The smallest absolute Gasteiger partial charge is 0.337 e. The van der Waals surface area contributed by atoms with E-state index in [1.165, 1.54) is 0 Å². The number of hydrogen-bond acceptors (Lipinski definition) is 5. The van der Waals surface area contributed by atoms with Crippen molar-refractivity contribution in [2.45, 2.75) is 0 Å². The van der Waals surface area contributed by atoms with E-state index in [2.05, 4.69) is 21.2 Å². The van der Waals surface area contributed by atoms with Crippen molar-refractivity contribution in [3.05, 3.63) is 41.6 Å². The lowest BCUT2D eigenvalue weighted by molar-refractivity contribution is 0.174. The molecule has 0 bridgehead atoms. The van der Waals surface area contributed by atoms with Crippen molar-refractivity contribution in [3.63, 3.8) is 0 Å². The van der Waals surface area contributed by atoms with Gasteiger partial charge in [0, 0.05) is 18.0 Å². The van der Waals surface area contributed by atoms with Crippen LogP contribution in [0.5, 0.6) is 11.5 Å². The summed E-state index contributed by atoms with van der Waals surface area (Å²) in [6, 6.07) is 8.00. The zero-order valence-corrected chi connectivity index (χ0v) is 11.5. The largest absolute Gasteiger partial charge is 0.454 e. The lowest BCUT2D eigenvalue weighted by Crippen LogP contribution is -2.34. The van der Waals surface area contributed by atoms with Crippen molar-refractivity contribution in [1.29, 1.82) is 0 Å². The van der Waals surface area contributed by atoms with Crippen LogP contribution in [0.2, 0.25) is 5.02 Å². The predicted molar refractivity (Wildman–Crippen MR) is 77.6 cm³/mol. The molecule has 3 N–H and O–H groups in total. The first kappa shape index (κ1) is 13.3. The molecule has 108 valence electrons. The molecule has 0 aliphatic carbocycles. The van der Waals surface area contributed by atoms with Gasteiger partial charge >= 0.3 is 6.03 Å². The number of anilines is 2. The van der Waals surface area contributed by atoms with E-state index in [0.29, 0.717) is 28.0 Å². The summed E-state index contributed by atoms with van der Waals surface area (Å²) in [5.74, 6) is 1.60. The first-order valence-corrected chi connectivity index (χ1v) is 6.43. The molecule has 0 unspecified atom stereocenters. The minimum Gasteiger partial charge on any atom is -0.454 e. The molecule has 1 aliphatic heterocycles. The number of fused-ring (bicyclic) bond motifs is 1. The van der Waals surface area contributed by atoms with Gasteiger partial charge in [0.1, 0.15) is 0 Å². The average Bonchev–Trinajstić information content (AvgIpc) is 2.94. The Morgan fingerprint density at radius 1 is 1.24 bits per heavy atom. The van der Waals surface area contributed by atoms with Crippen LogP contribution >= 0.6 is 11.6 Å². The number of pyridine rings is 1. The van der Waals surface area contributed by atoms with Gasteiger partial charge in [-0.3, -0.25) is 5.43 Å². The molecular weight excluding hydrogens is 296 g/mol. The average molecular weight is 307 g/mol. The zero-order chi connectivity index (χ0) is 14.7. The number of carbonyl (C=O) groups is 1. The van der Waals surface area contributed by atoms with Crippen molar-refractivity contribution in [2.24, 2.45) is 0 Å². The summed E-state index contributed by atoms with van der Waals surface area (Å²) < 4.78 is 10.4. The SMILES string of the molecule is O=C(NNc1ncccc1Cl)Nc1ccc2c(c1)OCO2. The summed E-state index contributed by atoms with van der Waals surface area (Å²) in [5, 5.41) is 3.05. The number of nitrogens with zero attached hydrogens (tertiary/aromatic N) is 1. The van der Waals surface area contributed by atoms with E-state index in [4.69, 9.17) is 21.1 Å². The lowest BCUT2D eigenvalue weighted by Gasteiger charge is -2.10. The standard InChI is InChI=1S/C13H11ClN4O3/c14-9-2-1-5-15-12(9)17-18-13(19)16-8-3-4-10-11(6-8)21-7-20-10/h1-6H,7H2,(H,15,17)(H2,16,18,19). The molecule has 0 fully saturated rings. The number of halogens is 1. The Morgan fingerprint density at radius 2 is 2.10 bits per heavy atom. The minimum atomic E-state index is -0.462. The third kappa shape index (κ3) is 3.09. The molecule has 0 saturated carbocycles. The third-order valence-electron chi connectivity index (χ3n) is 2.68. The van der Waals surface area contributed by atoms with Gasteiger partial charge in [0.15, 0.2) is 17.3 Å². The number of hydrogen-bond donors (Lipinski definition) is 3. The number of amides is 2. The second kappa shape index (κ2) is 5.76. The van der Waals surface area contributed by atoms with E-state index in [0.717, 1.165) is 0 Å². The van der Waals surface area contributed by atoms with Crippen LogP contribution in [-0.2, 0) is 0 Å². The molecular formula is C13H11ClN4O3. The topological polar surface area (TPSA) is 84.5 Å². The van der Waals surface area contributed by atoms with Gasteiger partial charge in [-0.15, -0.1) is 0 Å². The van der Waals surface area contributed by atoms with Crippen molar-refractivity contribution in [3.8, 4) is 11.5 Å². The van der Waals surface area contributed by atoms with Crippen molar-refractivity contribution < 1.29 is 14.3 Å². The highest BCUT2D eigenvalue weighted by Gasteiger charge is 2.14. The second-order valence-electron chi connectivity index (χ2n) is 4.11. The predicted octanol–water partition coefficient (Wildman–Crippen LogP) is 2.61. The van der Waals surface area contributed by atoms with Crippen LogP contribution in [0.25, 0.3) is 0 Å². The molecule has 1 aromatic carbocycles. The van der Waals surface area contributed by atoms with Gasteiger partial charge in [-0.2, -0.15) is 0 Å². The first-order valence-electron chi connectivity index (χ1n) is 6.05. The number of nitrogens with one attached hydrogen (secondary N) is 3. The second-order valence-corrected chi connectivity index (χ2v) is 4.51. The van der Waals surface area contributed by atoms with Gasteiger partial charge in [-0.05, 0) is 24.3 Å². The van der Waals surface area contributed by atoms with Gasteiger partial charge in [0.05, 0.1) is 5.02 Å². The third-order valence-corrected chi connectivity index (χ3v) is 2.99. The quantitative estimate of drug-likeness (QED) is 0.759. The van der Waals surface area contributed by atoms with E-state index < -0.39 is 6.03 Å². The number of hydrazine groups is 1. The fourth-order valence-electron chi connectivity index (χ4n) is 1.73. The fourth-order valence-corrected chi connectivity index (χ4v) is 1.90. The molecule has 3 rings (SSSR count). The lowest BCUT2D eigenvalue weighted by atomic mass is 10.3. The summed E-state index contributed by atoms with van der Waals surface area (Å²) in [6.45, 7) is 0.185. The van der Waals surface area contributed by atoms with Gasteiger partial charge < -0.3 is 14.8 Å². The highest BCUT2D eigenvalue weighted by atomic mass is 35.5. The molecule has 1 aromatic heterocycles. The number of carbonyl (C=O) groups excluding carboxylic acids is 1.